The summed E-state index contributed by atoms with van der Waals surface area (Å²) in [6.45, 7) is 0.402. The number of hydrogen-bond donors (Lipinski definition) is 1. The predicted molar refractivity (Wildman–Crippen MR) is 102 cm³/mol. The average Bonchev–Trinajstić information content (AvgIpc) is 3.19. The first kappa shape index (κ1) is 17.4. The van der Waals surface area contributed by atoms with Crippen LogP contribution in [0.2, 0.25) is 0 Å². The van der Waals surface area contributed by atoms with E-state index >= 15 is 0 Å². The van der Waals surface area contributed by atoms with E-state index in [1.54, 1.807) is 17.6 Å². The number of thiazole rings is 1. The van der Waals surface area contributed by atoms with Gasteiger partial charge in [0.15, 0.2) is 5.13 Å². The first-order valence-electron chi connectivity index (χ1n) is 7.84. The molecular formula is C20H15N3O2S. The molecule has 0 aliphatic rings. The number of hydrogen-bond acceptors (Lipinski definition) is 5. The number of aromatic nitrogens is 1. The van der Waals surface area contributed by atoms with Crippen LogP contribution in [0, 0.1) is 11.3 Å². The Hall–Kier alpha value is -3.43. The Labute approximate surface area is 155 Å². The fraction of sp³-hybridized carbons (Fsp3) is 0.0500. The number of anilines is 1. The lowest BCUT2D eigenvalue weighted by Crippen LogP contribution is -2.13. The number of carbonyl (C=O) groups excluding carboxylic acids is 1. The van der Waals surface area contributed by atoms with Crippen LogP contribution < -0.4 is 10.1 Å². The second kappa shape index (κ2) is 8.60. The summed E-state index contributed by atoms with van der Waals surface area (Å²) in [5.74, 6) is 0.103. The molecule has 1 amide bonds. The van der Waals surface area contributed by atoms with E-state index in [0.29, 0.717) is 23.1 Å². The Morgan fingerprint density at radius 2 is 1.96 bits per heavy atom. The molecule has 26 heavy (non-hydrogen) atoms. The van der Waals surface area contributed by atoms with Gasteiger partial charge in [-0.2, -0.15) is 5.26 Å². The number of nitriles is 1. The molecule has 6 heteroatoms. The van der Waals surface area contributed by atoms with E-state index in [4.69, 9.17) is 4.74 Å². The van der Waals surface area contributed by atoms with Crippen LogP contribution in [0.25, 0.3) is 6.08 Å². The maximum absolute atomic E-state index is 12.3. The van der Waals surface area contributed by atoms with Gasteiger partial charge in [-0.15, -0.1) is 11.3 Å². The molecule has 0 saturated carbocycles. The lowest BCUT2D eigenvalue weighted by Gasteiger charge is -2.09. The quantitative estimate of drug-likeness (QED) is 0.525. The van der Waals surface area contributed by atoms with Crippen molar-refractivity contribution in [1.82, 2.24) is 4.98 Å². The summed E-state index contributed by atoms with van der Waals surface area (Å²) in [7, 11) is 0. The minimum Gasteiger partial charge on any atom is -0.488 e. The van der Waals surface area contributed by atoms with Crippen molar-refractivity contribution in [3.8, 4) is 11.8 Å². The molecule has 0 spiro atoms. The molecule has 0 aliphatic carbocycles. The van der Waals surface area contributed by atoms with Crippen LogP contribution in [-0.4, -0.2) is 10.9 Å². The molecule has 0 unspecified atom stereocenters. The standard InChI is InChI=1S/C20H15N3O2S/c21-13-17(19(24)23-20-22-10-11-26-20)12-16-8-4-5-9-18(16)25-14-15-6-2-1-3-7-15/h1-12H,14H2,(H,22,23,24)/b17-12+. The van der Waals surface area contributed by atoms with Gasteiger partial charge in [0.2, 0.25) is 0 Å². The van der Waals surface area contributed by atoms with Gasteiger partial charge >= 0.3 is 0 Å². The van der Waals surface area contributed by atoms with Gasteiger partial charge in [-0.1, -0.05) is 48.5 Å². The van der Waals surface area contributed by atoms with Crippen LogP contribution in [0.5, 0.6) is 5.75 Å². The number of carbonyl (C=O) groups is 1. The Balaban J connectivity index is 1.78. The number of nitrogens with zero attached hydrogens (tertiary/aromatic N) is 2. The summed E-state index contributed by atoms with van der Waals surface area (Å²) in [4.78, 5) is 16.2. The van der Waals surface area contributed by atoms with Gasteiger partial charge in [-0.05, 0) is 17.7 Å². The third-order valence-electron chi connectivity index (χ3n) is 3.47. The van der Waals surface area contributed by atoms with Gasteiger partial charge < -0.3 is 4.74 Å². The lowest BCUT2D eigenvalue weighted by molar-refractivity contribution is -0.112. The van der Waals surface area contributed by atoms with Crippen molar-refractivity contribution in [1.29, 1.82) is 5.26 Å². The highest BCUT2D eigenvalue weighted by Crippen LogP contribution is 2.23. The summed E-state index contributed by atoms with van der Waals surface area (Å²) < 4.78 is 5.86. The van der Waals surface area contributed by atoms with Crippen molar-refractivity contribution in [3.63, 3.8) is 0 Å². The third kappa shape index (κ3) is 4.56. The molecule has 128 valence electrons. The van der Waals surface area contributed by atoms with E-state index in [2.05, 4.69) is 10.3 Å². The smallest absolute Gasteiger partial charge is 0.268 e. The zero-order valence-corrected chi connectivity index (χ0v) is 14.6. The summed E-state index contributed by atoms with van der Waals surface area (Å²) in [6, 6.07) is 19.0. The SMILES string of the molecule is N#C/C(=C\c1ccccc1OCc1ccccc1)C(=O)Nc1nccs1. The normalized spacial score (nSPS) is 10.8. The summed E-state index contributed by atoms with van der Waals surface area (Å²) >= 11 is 1.29. The molecule has 0 aliphatic heterocycles. The van der Waals surface area contributed by atoms with E-state index in [9.17, 15) is 10.1 Å². The zero-order valence-electron chi connectivity index (χ0n) is 13.8. The van der Waals surface area contributed by atoms with E-state index in [0.717, 1.165) is 5.56 Å². The van der Waals surface area contributed by atoms with E-state index in [-0.39, 0.29) is 5.57 Å². The predicted octanol–water partition coefficient (Wildman–Crippen LogP) is 4.27. The molecule has 1 N–H and O–H groups in total. The van der Waals surface area contributed by atoms with E-state index in [1.807, 2.05) is 54.6 Å². The van der Waals surface area contributed by atoms with Gasteiger partial charge in [0.25, 0.3) is 5.91 Å². The number of nitrogens with one attached hydrogen (secondary N) is 1. The molecule has 0 atom stereocenters. The number of rotatable bonds is 6. The van der Waals surface area contributed by atoms with Gasteiger partial charge in [0, 0.05) is 17.1 Å². The molecule has 1 heterocycles. The van der Waals surface area contributed by atoms with E-state index in [1.165, 1.54) is 17.4 Å². The molecule has 0 fully saturated rings. The third-order valence-corrected chi connectivity index (χ3v) is 4.16. The summed E-state index contributed by atoms with van der Waals surface area (Å²) in [5, 5.41) is 14.2. The first-order chi connectivity index (χ1) is 12.8. The van der Waals surface area contributed by atoms with Crippen molar-refractivity contribution >= 4 is 28.5 Å². The molecule has 5 nitrogen and oxygen atoms in total. The van der Waals surface area contributed by atoms with Crippen molar-refractivity contribution in [2.45, 2.75) is 6.61 Å². The minimum atomic E-state index is -0.500. The Bertz CT molecular complexity index is 945. The molecular weight excluding hydrogens is 346 g/mol. The Kier molecular flexibility index (Phi) is 5.76. The Morgan fingerprint density at radius 1 is 1.19 bits per heavy atom. The topological polar surface area (TPSA) is 75.0 Å². The van der Waals surface area contributed by atoms with Crippen LogP contribution in [-0.2, 0) is 11.4 Å². The van der Waals surface area contributed by atoms with Gasteiger partial charge in [0.1, 0.15) is 24.0 Å². The monoisotopic (exact) mass is 361 g/mol. The maximum atomic E-state index is 12.3. The summed E-state index contributed by atoms with van der Waals surface area (Å²) in [6.07, 6.45) is 3.10. The fourth-order valence-electron chi connectivity index (χ4n) is 2.22. The van der Waals surface area contributed by atoms with Crippen molar-refractivity contribution in [2.24, 2.45) is 0 Å². The van der Waals surface area contributed by atoms with Crippen LogP contribution in [0.1, 0.15) is 11.1 Å². The molecule has 0 bridgehead atoms. The number of ether oxygens (including phenoxy) is 1. The second-order valence-corrected chi connectivity index (χ2v) is 6.17. The zero-order chi connectivity index (χ0) is 18.2. The molecule has 3 aromatic rings. The fourth-order valence-corrected chi connectivity index (χ4v) is 2.74. The molecule has 0 saturated heterocycles. The molecule has 0 radical (unpaired) electrons. The molecule has 3 rings (SSSR count). The van der Waals surface area contributed by atoms with Gasteiger partial charge in [0.05, 0.1) is 0 Å². The van der Waals surface area contributed by atoms with Crippen LogP contribution >= 0.6 is 11.3 Å². The highest BCUT2D eigenvalue weighted by Gasteiger charge is 2.12. The first-order valence-corrected chi connectivity index (χ1v) is 8.72. The van der Waals surface area contributed by atoms with Crippen molar-refractivity contribution in [2.75, 3.05) is 5.32 Å². The largest absolute Gasteiger partial charge is 0.488 e. The average molecular weight is 361 g/mol. The van der Waals surface area contributed by atoms with Crippen LogP contribution in [0.3, 0.4) is 0 Å². The van der Waals surface area contributed by atoms with Crippen molar-refractivity contribution in [3.05, 3.63) is 82.9 Å². The van der Waals surface area contributed by atoms with Gasteiger partial charge in [-0.3, -0.25) is 10.1 Å². The highest BCUT2D eigenvalue weighted by molar-refractivity contribution is 7.13. The Morgan fingerprint density at radius 3 is 2.69 bits per heavy atom. The van der Waals surface area contributed by atoms with Crippen molar-refractivity contribution < 1.29 is 9.53 Å². The number of para-hydroxylation sites is 1. The maximum Gasteiger partial charge on any atom is 0.268 e. The molecule has 2 aromatic carbocycles. The summed E-state index contributed by atoms with van der Waals surface area (Å²) in [5.41, 5.74) is 1.68. The number of amides is 1. The van der Waals surface area contributed by atoms with Gasteiger partial charge in [-0.25, -0.2) is 4.98 Å². The second-order valence-electron chi connectivity index (χ2n) is 5.27. The molecule has 1 aromatic heterocycles. The van der Waals surface area contributed by atoms with E-state index < -0.39 is 5.91 Å². The lowest BCUT2D eigenvalue weighted by atomic mass is 10.1. The highest BCUT2D eigenvalue weighted by atomic mass is 32.1. The van der Waals surface area contributed by atoms with Crippen LogP contribution in [0.15, 0.2) is 71.7 Å². The minimum absolute atomic E-state index is 0.0176. The van der Waals surface area contributed by atoms with Crippen LogP contribution in [0.4, 0.5) is 5.13 Å². The number of benzene rings is 2.